The fraction of sp³-hybridized carbons (Fsp3) is 0.500. The average molecular weight is 618 g/mol. The molecule has 1 aromatic heterocycles. The molecule has 43 heavy (non-hydrogen) atoms. The number of rotatable bonds is 9. The number of aliphatic carboxylic acids is 2. The SMILES string of the molecule is CC(C)C[C@@H](NC(=O)[C@@H]1CNC[C@H](N2CC(=O)N(c3ccccc3Cl)CC2(C)C)C1)c1ncco1.O=C(O)/C=C/C(=O)O. The summed E-state index contributed by atoms with van der Waals surface area (Å²) in [6.45, 7) is 10.7. The van der Waals surface area contributed by atoms with E-state index in [9.17, 15) is 19.2 Å². The Morgan fingerprint density at radius 1 is 1.19 bits per heavy atom. The van der Waals surface area contributed by atoms with E-state index in [-0.39, 0.29) is 41.9 Å². The highest BCUT2D eigenvalue weighted by atomic mass is 35.5. The molecule has 0 bridgehead atoms. The Kier molecular flexibility index (Phi) is 11.9. The predicted octanol–water partition coefficient (Wildman–Crippen LogP) is 3.35. The van der Waals surface area contributed by atoms with E-state index in [1.165, 1.54) is 6.26 Å². The maximum absolute atomic E-state index is 13.3. The van der Waals surface area contributed by atoms with Gasteiger partial charge in [-0.15, -0.1) is 0 Å². The molecule has 3 atom stereocenters. The number of carbonyl (C=O) groups excluding carboxylic acids is 2. The highest BCUT2D eigenvalue weighted by molar-refractivity contribution is 6.33. The molecule has 0 radical (unpaired) electrons. The van der Waals surface area contributed by atoms with Gasteiger partial charge in [0.1, 0.15) is 12.3 Å². The van der Waals surface area contributed by atoms with Crippen molar-refractivity contribution in [3.63, 3.8) is 0 Å². The Balaban J connectivity index is 0.000000557. The van der Waals surface area contributed by atoms with E-state index in [4.69, 9.17) is 26.2 Å². The molecule has 234 valence electrons. The summed E-state index contributed by atoms with van der Waals surface area (Å²) in [5, 5.41) is 22.8. The molecule has 4 N–H and O–H groups in total. The third-order valence-corrected chi connectivity index (χ3v) is 7.67. The molecule has 0 aliphatic carbocycles. The first-order valence-corrected chi connectivity index (χ1v) is 14.5. The quantitative estimate of drug-likeness (QED) is 0.307. The number of nitrogens with zero attached hydrogens (tertiary/aromatic N) is 3. The number of halogens is 1. The van der Waals surface area contributed by atoms with Crippen molar-refractivity contribution in [1.29, 1.82) is 0 Å². The number of piperidine rings is 1. The third-order valence-electron chi connectivity index (χ3n) is 7.35. The lowest BCUT2D eigenvalue weighted by molar-refractivity contribution is -0.134. The van der Waals surface area contributed by atoms with Gasteiger partial charge in [0.25, 0.3) is 0 Å². The molecule has 2 saturated heterocycles. The van der Waals surface area contributed by atoms with Gasteiger partial charge < -0.3 is 30.2 Å². The fourth-order valence-corrected chi connectivity index (χ4v) is 5.65. The standard InChI is InChI=1S/C26H36ClN5O3.C4H4O4/c1-17(2)11-21(25-29-9-10-35-25)30-24(34)18-12-19(14-28-13-18)32-15-23(33)31(16-26(32,3)4)22-8-6-5-7-20(22)27;5-3(6)1-2-4(7)8/h5-10,17-19,21,28H,11-16H2,1-4H3,(H,30,34);1-2H,(H,5,6)(H,7,8)/b;2-1+/t18-,19+,21+;/m0./s1. The fourth-order valence-electron chi connectivity index (χ4n) is 5.41. The Hall–Kier alpha value is -3.74. The zero-order chi connectivity index (χ0) is 31.7. The van der Waals surface area contributed by atoms with Gasteiger partial charge in [0, 0.05) is 43.4 Å². The summed E-state index contributed by atoms with van der Waals surface area (Å²) in [7, 11) is 0. The maximum atomic E-state index is 13.3. The molecule has 2 fully saturated rings. The number of para-hydroxylation sites is 1. The van der Waals surface area contributed by atoms with Gasteiger partial charge in [-0.3, -0.25) is 14.5 Å². The molecule has 0 spiro atoms. The number of carbonyl (C=O) groups is 4. The molecule has 2 aliphatic heterocycles. The van der Waals surface area contributed by atoms with Crippen LogP contribution in [0.3, 0.4) is 0 Å². The summed E-state index contributed by atoms with van der Waals surface area (Å²) in [6.07, 6.45) is 5.69. The molecule has 13 heteroatoms. The van der Waals surface area contributed by atoms with Crippen molar-refractivity contribution in [2.75, 3.05) is 31.1 Å². The number of nitrogens with one attached hydrogen (secondary N) is 2. The number of benzene rings is 1. The van der Waals surface area contributed by atoms with Crippen molar-refractivity contribution in [2.45, 2.75) is 58.2 Å². The molecule has 3 heterocycles. The van der Waals surface area contributed by atoms with Crippen LogP contribution in [0, 0.1) is 11.8 Å². The van der Waals surface area contributed by atoms with Gasteiger partial charge in [-0.25, -0.2) is 14.6 Å². The van der Waals surface area contributed by atoms with E-state index in [2.05, 4.69) is 48.2 Å². The minimum Gasteiger partial charge on any atom is -0.478 e. The third kappa shape index (κ3) is 9.63. The Bertz CT molecular complexity index is 1280. The molecule has 2 aromatic rings. The molecule has 0 unspecified atom stereocenters. The predicted molar refractivity (Wildman–Crippen MR) is 161 cm³/mol. The highest BCUT2D eigenvalue weighted by Gasteiger charge is 2.44. The zero-order valence-corrected chi connectivity index (χ0v) is 25.6. The topological polar surface area (TPSA) is 165 Å². The number of amides is 2. The van der Waals surface area contributed by atoms with Gasteiger partial charge in [-0.1, -0.05) is 37.6 Å². The van der Waals surface area contributed by atoms with E-state index in [1.54, 1.807) is 11.1 Å². The lowest BCUT2D eigenvalue weighted by Crippen LogP contribution is -2.67. The van der Waals surface area contributed by atoms with Gasteiger partial charge in [-0.05, 0) is 44.7 Å². The second-order valence-electron chi connectivity index (χ2n) is 11.7. The monoisotopic (exact) mass is 617 g/mol. The van der Waals surface area contributed by atoms with E-state index in [0.29, 0.717) is 48.5 Å². The molecule has 2 aliphatic rings. The van der Waals surface area contributed by atoms with Crippen LogP contribution >= 0.6 is 11.6 Å². The van der Waals surface area contributed by atoms with Gasteiger partial charge in [0.2, 0.25) is 17.7 Å². The number of hydrogen-bond acceptors (Lipinski definition) is 8. The zero-order valence-electron chi connectivity index (χ0n) is 24.8. The van der Waals surface area contributed by atoms with Crippen LogP contribution in [-0.4, -0.2) is 81.6 Å². The largest absolute Gasteiger partial charge is 0.478 e. The van der Waals surface area contributed by atoms with E-state index >= 15 is 0 Å². The lowest BCUT2D eigenvalue weighted by Gasteiger charge is -2.51. The van der Waals surface area contributed by atoms with Crippen LogP contribution in [0.2, 0.25) is 5.02 Å². The van der Waals surface area contributed by atoms with Gasteiger partial charge >= 0.3 is 11.9 Å². The molecule has 0 saturated carbocycles. The molecule has 12 nitrogen and oxygen atoms in total. The van der Waals surface area contributed by atoms with E-state index < -0.39 is 11.9 Å². The minimum atomic E-state index is -1.26. The number of carboxylic acid groups (broad SMARTS) is 2. The van der Waals surface area contributed by atoms with Crippen molar-refractivity contribution in [2.24, 2.45) is 11.8 Å². The minimum absolute atomic E-state index is 0.00936. The van der Waals surface area contributed by atoms with Crippen molar-refractivity contribution in [3.05, 3.63) is 59.8 Å². The number of anilines is 1. The van der Waals surface area contributed by atoms with Crippen LogP contribution in [0.1, 0.15) is 52.5 Å². The van der Waals surface area contributed by atoms with Crippen molar-refractivity contribution in [3.8, 4) is 0 Å². The summed E-state index contributed by atoms with van der Waals surface area (Å²) < 4.78 is 5.49. The van der Waals surface area contributed by atoms with Crippen LogP contribution < -0.4 is 15.5 Å². The normalized spacial score (nSPS) is 21.3. The summed E-state index contributed by atoms with van der Waals surface area (Å²) in [4.78, 5) is 53.9. The molecule has 2 amide bonds. The molecular weight excluding hydrogens is 578 g/mol. The molecule has 1 aromatic carbocycles. The second kappa shape index (κ2) is 15.1. The van der Waals surface area contributed by atoms with E-state index in [0.717, 1.165) is 18.7 Å². The van der Waals surface area contributed by atoms with Crippen LogP contribution in [0.25, 0.3) is 0 Å². The van der Waals surface area contributed by atoms with Crippen molar-refractivity contribution in [1.82, 2.24) is 20.5 Å². The van der Waals surface area contributed by atoms with Crippen LogP contribution in [0.15, 0.2) is 53.3 Å². The van der Waals surface area contributed by atoms with Gasteiger partial charge in [0.15, 0.2) is 0 Å². The Morgan fingerprint density at radius 3 is 2.44 bits per heavy atom. The second-order valence-corrected chi connectivity index (χ2v) is 12.1. The number of carboxylic acids is 2. The lowest BCUT2D eigenvalue weighted by atomic mass is 9.88. The number of hydrogen-bond donors (Lipinski definition) is 4. The smallest absolute Gasteiger partial charge is 0.328 e. The molecule has 4 rings (SSSR count). The maximum Gasteiger partial charge on any atom is 0.328 e. The summed E-state index contributed by atoms with van der Waals surface area (Å²) in [5.74, 6) is -1.79. The Labute approximate surface area is 256 Å². The summed E-state index contributed by atoms with van der Waals surface area (Å²) in [6, 6.07) is 7.27. The molecular formula is C30H40ClN5O7. The van der Waals surface area contributed by atoms with Gasteiger partial charge in [0.05, 0.1) is 29.4 Å². The van der Waals surface area contributed by atoms with Crippen LogP contribution in [0.4, 0.5) is 5.69 Å². The van der Waals surface area contributed by atoms with Crippen LogP contribution in [-0.2, 0) is 19.2 Å². The number of piperazine rings is 1. The van der Waals surface area contributed by atoms with Crippen molar-refractivity contribution >= 4 is 41.0 Å². The first-order chi connectivity index (χ1) is 20.3. The number of oxazole rings is 1. The van der Waals surface area contributed by atoms with Crippen LogP contribution in [0.5, 0.6) is 0 Å². The Morgan fingerprint density at radius 2 is 1.86 bits per heavy atom. The van der Waals surface area contributed by atoms with E-state index in [1.807, 2.05) is 24.3 Å². The highest BCUT2D eigenvalue weighted by Crippen LogP contribution is 2.34. The van der Waals surface area contributed by atoms with Gasteiger partial charge in [-0.2, -0.15) is 0 Å². The first-order valence-electron chi connectivity index (χ1n) is 14.1. The first kappa shape index (κ1) is 33.8. The average Bonchev–Trinajstić information content (AvgIpc) is 3.48. The number of aromatic nitrogens is 1. The summed E-state index contributed by atoms with van der Waals surface area (Å²) >= 11 is 6.39. The van der Waals surface area contributed by atoms with Crippen molar-refractivity contribution < 1.29 is 33.8 Å². The summed E-state index contributed by atoms with van der Waals surface area (Å²) in [5.41, 5.74) is 0.462.